The Balaban J connectivity index is 1.68. The predicted molar refractivity (Wildman–Crippen MR) is 129 cm³/mol. The summed E-state index contributed by atoms with van der Waals surface area (Å²) in [6.07, 6.45) is 1.13. The van der Waals surface area contributed by atoms with Gasteiger partial charge < -0.3 is 15.4 Å². The first kappa shape index (κ1) is 21.8. The summed E-state index contributed by atoms with van der Waals surface area (Å²) >= 11 is 5.54. The van der Waals surface area contributed by atoms with Crippen LogP contribution < -0.4 is 15.4 Å². The third kappa shape index (κ3) is 5.19. The number of benzene rings is 2. The van der Waals surface area contributed by atoms with Crippen molar-refractivity contribution in [3.63, 3.8) is 0 Å². The zero-order valence-corrected chi connectivity index (χ0v) is 19.1. The number of aromatic nitrogens is 2. The maximum Gasteiger partial charge on any atom is 0.175 e. The van der Waals surface area contributed by atoms with Crippen molar-refractivity contribution >= 4 is 28.7 Å². The van der Waals surface area contributed by atoms with Gasteiger partial charge in [0.1, 0.15) is 5.75 Å². The second kappa shape index (κ2) is 9.76. The van der Waals surface area contributed by atoms with Crippen LogP contribution in [0.2, 0.25) is 0 Å². The molecule has 3 rings (SSSR count). The fourth-order valence-corrected chi connectivity index (χ4v) is 3.60. The van der Waals surface area contributed by atoms with Crippen LogP contribution in [0.3, 0.4) is 0 Å². The maximum atomic E-state index is 5.54. The molecular weight excluding hydrogens is 392 g/mol. The van der Waals surface area contributed by atoms with Crippen molar-refractivity contribution in [1.29, 1.82) is 0 Å². The van der Waals surface area contributed by atoms with Crippen LogP contribution in [0, 0.1) is 13.8 Å². The molecule has 2 N–H and O–H groups in total. The number of rotatable bonds is 7. The molecule has 6 heteroatoms. The summed E-state index contributed by atoms with van der Waals surface area (Å²) in [6.45, 7) is 9.15. The van der Waals surface area contributed by atoms with Crippen LogP contribution >= 0.6 is 12.2 Å². The summed E-state index contributed by atoms with van der Waals surface area (Å²) in [5.41, 5.74) is 6.32. The number of ether oxygens (including phenoxy) is 1. The van der Waals surface area contributed by atoms with E-state index in [-0.39, 0.29) is 0 Å². The van der Waals surface area contributed by atoms with E-state index in [1.807, 2.05) is 36.7 Å². The van der Waals surface area contributed by atoms with Crippen molar-refractivity contribution in [2.24, 2.45) is 0 Å². The Morgan fingerprint density at radius 3 is 2.53 bits per heavy atom. The van der Waals surface area contributed by atoms with Crippen LogP contribution in [0.15, 0.2) is 48.5 Å². The number of methoxy groups -OCH3 is 1. The van der Waals surface area contributed by atoms with Crippen LogP contribution in [0.1, 0.15) is 48.7 Å². The average molecular weight is 423 g/mol. The van der Waals surface area contributed by atoms with Crippen molar-refractivity contribution < 1.29 is 4.74 Å². The fraction of sp³-hybridized carbons (Fsp3) is 0.333. The summed E-state index contributed by atoms with van der Waals surface area (Å²) in [4.78, 5) is 0. The molecule has 0 bridgehead atoms. The van der Waals surface area contributed by atoms with E-state index in [9.17, 15) is 0 Å². The van der Waals surface area contributed by atoms with Gasteiger partial charge in [0.25, 0.3) is 0 Å². The van der Waals surface area contributed by atoms with Gasteiger partial charge >= 0.3 is 0 Å². The van der Waals surface area contributed by atoms with Gasteiger partial charge in [0.15, 0.2) is 5.11 Å². The second-order valence-corrected chi connectivity index (χ2v) is 7.97. The van der Waals surface area contributed by atoms with E-state index in [4.69, 9.17) is 17.0 Å². The highest BCUT2D eigenvalue weighted by Crippen LogP contribution is 2.23. The lowest BCUT2D eigenvalue weighted by molar-refractivity contribution is 0.414. The van der Waals surface area contributed by atoms with Crippen LogP contribution in [0.5, 0.6) is 5.75 Å². The van der Waals surface area contributed by atoms with Crippen molar-refractivity contribution in [2.45, 2.75) is 46.6 Å². The first-order chi connectivity index (χ1) is 14.4. The normalized spacial score (nSPS) is 11.8. The Labute approximate surface area is 184 Å². The molecule has 5 nitrogen and oxygen atoms in total. The Bertz CT molecular complexity index is 1010. The van der Waals surface area contributed by atoms with Gasteiger partial charge in [0.05, 0.1) is 30.7 Å². The lowest BCUT2D eigenvalue weighted by atomic mass is 9.99. The number of thiocarbonyl (C=S) groups is 1. The molecule has 1 heterocycles. The molecule has 0 amide bonds. The molecule has 158 valence electrons. The lowest BCUT2D eigenvalue weighted by Crippen LogP contribution is -2.20. The molecule has 0 aliphatic heterocycles. The lowest BCUT2D eigenvalue weighted by Gasteiger charge is -2.13. The van der Waals surface area contributed by atoms with Gasteiger partial charge in [-0.25, -0.2) is 0 Å². The second-order valence-electron chi connectivity index (χ2n) is 7.57. The smallest absolute Gasteiger partial charge is 0.175 e. The van der Waals surface area contributed by atoms with Crippen LogP contribution in [-0.4, -0.2) is 22.0 Å². The summed E-state index contributed by atoms with van der Waals surface area (Å²) in [6, 6.07) is 16.5. The van der Waals surface area contributed by atoms with Crippen LogP contribution in [0.4, 0.5) is 11.4 Å². The molecule has 1 unspecified atom stereocenters. The van der Waals surface area contributed by atoms with E-state index < -0.39 is 0 Å². The number of hydrogen-bond acceptors (Lipinski definition) is 3. The van der Waals surface area contributed by atoms with Gasteiger partial charge in [0, 0.05) is 5.69 Å². The molecule has 0 saturated heterocycles. The first-order valence-corrected chi connectivity index (χ1v) is 10.7. The van der Waals surface area contributed by atoms with Crippen LogP contribution in [0.25, 0.3) is 0 Å². The van der Waals surface area contributed by atoms with Gasteiger partial charge in [-0.15, -0.1) is 0 Å². The molecule has 0 saturated carbocycles. The third-order valence-electron chi connectivity index (χ3n) is 5.44. The van der Waals surface area contributed by atoms with Crippen molar-refractivity contribution in [2.75, 3.05) is 17.7 Å². The zero-order chi connectivity index (χ0) is 21.7. The van der Waals surface area contributed by atoms with Gasteiger partial charge in [-0.2, -0.15) is 5.10 Å². The Hall–Kier alpha value is -2.86. The maximum absolute atomic E-state index is 5.54. The minimum atomic E-state index is 0.554. The van der Waals surface area contributed by atoms with Crippen LogP contribution in [-0.2, 0) is 6.54 Å². The fourth-order valence-electron chi connectivity index (χ4n) is 3.38. The van der Waals surface area contributed by atoms with Gasteiger partial charge in [-0.3, -0.25) is 4.68 Å². The van der Waals surface area contributed by atoms with E-state index in [0.29, 0.717) is 17.6 Å². The Kier molecular flexibility index (Phi) is 7.11. The number of aryl methyl sites for hydroxylation is 1. The van der Waals surface area contributed by atoms with Gasteiger partial charge in [-0.05, 0) is 73.8 Å². The third-order valence-corrected chi connectivity index (χ3v) is 5.64. The average Bonchev–Trinajstić information content (AvgIpc) is 3.01. The quantitative estimate of drug-likeness (QED) is 0.466. The standard InChI is InChI=1S/C24H30N4OS/c1-6-16(2)20-10-12-21(13-11-20)25-24(30)26-23-17(3)27-28(18(23)4)15-19-8-7-9-22(14-19)29-5/h7-14,16H,6,15H2,1-5H3,(H2,25,26,30). The molecule has 0 fully saturated rings. The summed E-state index contributed by atoms with van der Waals surface area (Å²) < 4.78 is 7.30. The molecule has 0 radical (unpaired) electrons. The molecule has 0 aliphatic rings. The summed E-state index contributed by atoms with van der Waals surface area (Å²) in [5.74, 6) is 1.40. The van der Waals surface area contributed by atoms with Crippen molar-refractivity contribution in [1.82, 2.24) is 9.78 Å². The highest BCUT2D eigenvalue weighted by atomic mass is 32.1. The minimum Gasteiger partial charge on any atom is -0.497 e. The van der Waals surface area contributed by atoms with Gasteiger partial charge in [0.2, 0.25) is 0 Å². The molecule has 30 heavy (non-hydrogen) atoms. The topological polar surface area (TPSA) is 51.1 Å². The Morgan fingerprint density at radius 1 is 1.13 bits per heavy atom. The number of nitrogens with one attached hydrogen (secondary N) is 2. The molecule has 0 aliphatic carbocycles. The van der Waals surface area contributed by atoms with E-state index >= 15 is 0 Å². The van der Waals surface area contributed by atoms with E-state index in [1.165, 1.54) is 5.56 Å². The predicted octanol–water partition coefficient (Wildman–Crippen LogP) is 5.88. The van der Waals surface area contributed by atoms with Crippen molar-refractivity contribution in [3.8, 4) is 5.75 Å². The highest BCUT2D eigenvalue weighted by Gasteiger charge is 2.13. The molecule has 0 spiro atoms. The molecular formula is C24H30N4OS. The highest BCUT2D eigenvalue weighted by molar-refractivity contribution is 7.80. The van der Waals surface area contributed by atoms with Crippen molar-refractivity contribution in [3.05, 3.63) is 71.0 Å². The number of hydrogen-bond donors (Lipinski definition) is 2. The van der Waals surface area contributed by atoms with Gasteiger partial charge in [-0.1, -0.05) is 38.1 Å². The van der Waals surface area contributed by atoms with E-state index in [2.05, 4.69) is 59.9 Å². The summed E-state index contributed by atoms with van der Waals surface area (Å²) in [7, 11) is 1.68. The van der Waals surface area contributed by atoms with E-state index in [1.54, 1.807) is 7.11 Å². The SMILES string of the molecule is CCC(C)c1ccc(NC(=S)Nc2c(C)nn(Cc3cccc(OC)c3)c2C)cc1. The number of nitrogens with zero attached hydrogens (tertiary/aromatic N) is 2. The summed E-state index contributed by atoms with van der Waals surface area (Å²) in [5, 5.41) is 11.8. The molecule has 1 atom stereocenters. The monoisotopic (exact) mass is 422 g/mol. The largest absolute Gasteiger partial charge is 0.497 e. The zero-order valence-electron chi connectivity index (χ0n) is 18.3. The molecule has 1 aromatic heterocycles. The number of anilines is 2. The Morgan fingerprint density at radius 2 is 1.87 bits per heavy atom. The minimum absolute atomic E-state index is 0.554. The molecule has 2 aromatic carbocycles. The molecule has 3 aromatic rings. The van der Waals surface area contributed by atoms with E-state index in [0.717, 1.165) is 40.5 Å². The first-order valence-electron chi connectivity index (χ1n) is 10.3.